The first-order chi connectivity index (χ1) is 10.3. The quantitative estimate of drug-likeness (QED) is 0.509. The fraction of sp³-hybridized carbons (Fsp3) is 0.667. The molecule has 0 bridgehead atoms. The number of hydrogen-bond donors (Lipinski definition) is 1. The molecule has 1 aromatic rings. The van der Waals surface area contributed by atoms with Gasteiger partial charge in [0.1, 0.15) is 5.75 Å². The Hall–Kier alpha value is -0.730. The van der Waals surface area contributed by atoms with Crippen LogP contribution in [-0.4, -0.2) is 13.2 Å². The van der Waals surface area contributed by atoms with Gasteiger partial charge in [-0.25, -0.2) is 0 Å². The first-order valence-electron chi connectivity index (χ1n) is 8.40. The SMILES string of the molecule is CCCCCCCCOc1c(Cl)cccc1CNCCC. The maximum Gasteiger partial charge on any atom is 0.142 e. The maximum atomic E-state index is 6.27. The van der Waals surface area contributed by atoms with Crippen molar-refractivity contribution in [3.63, 3.8) is 0 Å². The van der Waals surface area contributed by atoms with Crippen LogP contribution in [0.4, 0.5) is 0 Å². The van der Waals surface area contributed by atoms with E-state index >= 15 is 0 Å². The molecule has 0 unspecified atom stereocenters. The van der Waals surface area contributed by atoms with Gasteiger partial charge in [0.2, 0.25) is 0 Å². The molecule has 0 aromatic heterocycles. The molecule has 21 heavy (non-hydrogen) atoms. The van der Waals surface area contributed by atoms with Crippen molar-refractivity contribution in [2.24, 2.45) is 0 Å². The van der Waals surface area contributed by atoms with E-state index in [0.717, 1.165) is 48.9 Å². The third-order valence-electron chi connectivity index (χ3n) is 3.54. The second-order valence-corrected chi connectivity index (χ2v) is 5.93. The van der Waals surface area contributed by atoms with Crippen molar-refractivity contribution in [1.29, 1.82) is 0 Å². The van der Waals surface area contributed by atoms with E-state index in [2.05, 4.69) is 25.2 Å². The number of rotatable bonds is 12. The topological polar surface area (TPSA) is 21.3 Å². The largest absolute Gasteiger partial charge is 0.492 e. The van der Waals surface area contributed by atoms with Crippen LogP contribution < -0.4 is 10.1 Å². The lowest BCUT2D eigenvalue weighted by atomic mass is 10.1. The van der Waals surface area contributed by atoms with Crippen LogP contribution in [0.3, 0.4) is 0 Å². The first kappa shape index (κ1) is 18.3. The van der Waals surface area contributed by atoms with Crippen molar-refractivity contribution in [1.82, 2.24) is 5.32 Å². The van der Waals surface area contributed by atoms with Crippen molar-refractivity contribution < 1.29 is 4.74 Å². The summed E-state index contributed by atoms with van der Waals surface area (Å²) >= 11 is 6.27. The highest BCUT2D eigenvalue weighted by Crippen LogP contribution is 2.28. The van der Waals surface area contributed by atoms with Crippen LogP contribution in [0.5, 0.6) is 5.75 Å². The first-order valence-corrected chi connectivity index (χ1v) is 8.78. The molecule has 0 aliphatic carbocycles. The van der Waals surface area contributed by atoms with Gasteiger partial charge in [0.05, 0.1) is 11.6 Å². The Morgan fingerprint density at radius 3 is 2.52 bits per heavy atom. The minimum absolute atomic E-state index is 0.719. The zero-order valence-corrected chi connectivity index (χ0v) is 14.3. The second-order valence-electron chi connectivity index (χ2n) is 5.52. The molecular weight excluding hydrogens is 282 g/mol. The van der Waals surface area contributed by atoms with Gasteiger partial charge in [-0.15, -0.1) is 0 Å². The third-order valence-corrected chi connectivity index (χ3v) is 3.83. The zero-order valence-electron chi connectivity index (χ0n) is 13.6. The summed E-state index contributed by atoms with van der Waals surface area (Å²) in [5.41, 5.74) is 1.15. The van der Waals surface area contributed by atoms with Gasteiger partial charge < -0.3 is 10.1 Å². The number of ether oxygens (including phenoxy) is 1. The molecule has 1 rings (SSSR count). The molecule has 120 valence electrons. The fourth-order valence-corrected chi connectivity index (χ4v) is 2.56. The van der Waals surface area contributed by atoms with Crippen LogP contribution in [0.2, 0.25) is 5.02 Å². The molecule has 0 atom stereocenters. The molecule has 1 aromatic carbocycles. The van der Waals surface area contributed by atoms with Gasteiger partial charge in [-0.3, -0.25) is 0 Å². The number of benzene rings is 1. The average molecular weight is 312 g/mol. The Kier molecular flexibility index (Phi) is 10.4. The number of para-hydroxylation sites is 1. The molecule has 2 nitrogen and oxygen atoms in total. The van der Waals surface area contributed by atoms with E-state index in [1.807, 2.05) is 12.1 Å². The van der Waals surface area contributed by atoms with Gasteiger partial charge in [-0.2, -0.15) is 0 Å². The smallest absolute Gasteiger partial charge is 0.142 e. The molecule has 0 saturated carbocycles. The Balaban J connectivity index is 2.35. The Morgan fingerprint density at radius 2 is 1.76 bits per heavy atom. The van der Waals surface area contributed by atoms with E-state index in [4.69, 9.17) is 16.3 Å². The predicted octanol–water partition coefficient (Wildman–Crippen LogP) is 5.58. The Morgan fingerprint density at radius 1 is 1.00 bits per heavy atom. The summed E-state index contributed by atoms with van der Waals surface area (Å²) in [5, 5.41) is 4.12. The number of halogens is 1. The summed E-state index contributed by atoms with van der Waals surface area (Å²) in [6.45, 7) is 7.01. The van der Waals surface area contributed by atoms with E-state index < -0.39 is 0 Å². The van der Waals surface area contributed by atoms with Gasteiger partial charge >= 0.3 is 0 Å². The van der Waals surface area contributed by atoms with Gasteiger partial charge in [0, 0.05) is 12.1 Å². The molecule has 1 N–H and O–H groups in total. The lowest BCUT2D eigenvalue weighted by molar-refractivity contribution is 0.301. The van der Waals surface area contributed by atoms with Gasteiger partial charge in [0.25, 0.3) is 0 Å². The highest BCUT2D eigenvalue weighted by molar-refractivity contribution is 6.32. The summed E-state index contributed by atoms with van der Waals surface area (Å²) in [5.74, 6) is 0.858. The van der Waals surface area contributed by atoms with E-state index in [1.165, 1.54) is 32.1 Å². The molecule has 0 saturated heterocycles. The lowest BCUT2D eigenvalue weighted by Gasteiger charge is -2.13. The normalized spacial score (nSPS) is 10.8. The summed E-state index contributed by atoms with van der Waals surface area (Å²) in [7, 11) is 0. The summed E-state index contributed by atoms with van der Waals surface area (Å²) < 4.78 is 5.93. The molecule has 3 heteroatoms. The number of unbranched alkanes of at least 4 members (excludes halogenated alkanes) is 5. The summed E-state index contributed by atoms with van der Waals surface area (Å²) in [6.07, 6.45) is 8.78. The second kappa shape index (κ2) is 11.9. The summed E-state index contributed by atoms with van der Waals surface area (Å²) in [4.78, 5) is 0. The lowest BCUT2D eigenvalue weighted by Crippen LogP contribution is -2.15. The van der Waals surface area contributed by atoms with Crippen LogP contribution in [0.25, 0.3) is 0 Å². The van der Waals surface area contributed by atoms with E-state index in [9.17, 15) is 0 Å². The van der Waals surface area contributed by atoms with Crippen LogP contribution in [0.1, 0.15) is 64.4 Å². The Bertz CT molecular complexity index is 381. The average Bonchev–Trinajstić information content (AvgIpc) is 2.49. The molecule has 0 aliphatic rings. The van der Waals surface area contributed by atoms with Crippen LogP contribution in [0, 0.1) is 0 Å². The highest BCUT2D eigenvalue weighted by Gasteiger charge is 2.07. The molecule has 0 fully saturated rings. The molecular formula is C18H30ClNO. The van der Waals surface area contributed by atoms with Crippen LogP contribution >= 0.6 is 11.6 Å². The van der Waals surface area contributed by atoms with E-state index in [0.29, 0.717) is 0 Å². The minimum atomic E-state index is 0.719. The summed E-state index contributed by atoms with van der Waals surface area (Å²) in [6, 6.07) is 5.98. The van der Waals surface area contributed by atoms with E-state index in [-0.39, 0.29) is 0 Å². The third kappa shape index (κ3) is 7.73. The van der Waals surface area contributed by atoms with Gasteiger partial charge in [-0.05, 0) is 25.5 Å². The molecule has 0 amide bonds. The van der Waals surface area contributed by atoms with Crippen molar-refractivity contribution in [2.75, 3.05) is 13.2 Å². The van der Waals surface area contributed by atoms with Crippen molar-refractivity contribution in [3.8, 4) is 5.75 Å². The number of nitrogens with one attached hydrogen (secondary N) is 1. The minimum Gasteiger partial charge on any atom is -0.492 e. The molecule has 0 heterocycles. The monoisotopic (exact) mass is 311 g/mol. The van der Waals surface area contributed by atoms with Gasteiger partial charge in [0.15, 0.2) is 0 Å². The molecule has 0 radical (unpaired) electrons. The number of hydrogen-bond acceptors (Lipinski definition) is 2. The van der Waals surface area contributed by atoms with Gasteiger partial charge in [-0.1, -0.05) is 69.7 Å². The zero-order chi connectivity index (χ0) is 15.3. The fourth-order valence-electron chi connectivity index (χ4n) is 2.31. The molecule has 0 spiro atoms. The van der Waals surface area contributed by atoms with Crippen LogP contribution in [-0.2, 0) is 6.54 Å². The predicted molar refractivity (Wildman–Crippen MR) is 92.3 cm³/mol. The van der Waals surface area contributed by atoms with E-state index in [1.54, 1.807) is 0 Å². The van der Waals surface area contributed by atoms with Crippen molar-refractivity contribution in [2.45, 2.75) is 65.3 Å². The van der Waals surface area contributed by atoms with Crippen molar-refractivity contribution >= 4 is 11.6 Å². The van der Waals surface area contributed by atoms with Crippen molar-refractivity contribution in [3.05, 3.63) is 28.8 Å². The van der Waals surface area contributed by atoms with Crippen LogP contribution in [0.15, 0.2) is 18.2 Å². The standard InChI is InChI=1S/C18H30ClNO/c1-3-5-6-7-8-9-14-21-18-16(15-20-13-4-2)11-10-12-17(18)19/h10-12,20H,3-9,13-15H2,1-2H3. The maximum absolute atomic E-state index is 6.27. The Labute approximate surface area is 135 Å². The highest BCUT2D eigenvalue weighted by atomic mass is 35.5. The molecule has 0 aliphatic heterocycles.